The molecule has 0 bridgehead atoms. The zero-order chi connectivity index (χ0) is 57.6. The van der Waals surface area contributed by atoms with Gasteiger partial charge in [0, 0.05) is 17.8 Å². The van der Waals surface area contributed by atoms with Crippen LogP contribution >= 0.6 is 0 Å². The largest absolute Gasteiger partial charge is 0.0719 e. The molecule has 0 saturated carbocycles. The van der Waals surface area contributed by atoms with E-state index in [1.165, 1.54) is 183 Å². The van der Waals surface area contributed by atoms with Gasteiger partial charge in [0.2, 0.25) is 0 Å². The van der Waals surface area contributed by atoms with Crippen molar-refractivity contribution in [1.82, 2.24) is 0 Å². The van der Waals surface area contributed by atoms with Crippen LogP contribution in [-0.4, -0.2) is 0 Å². The predicted molar refractivity (Wildman–Crippen MR) is 371 cm³/mol. The Labute approximate surface area is 513 Å². The van der Waals surface area contributed by atoms with Crippen LogP contribution in [0.3, 0.4) is 0 Å². The highest BCUT2D eigenvalue weighted by Gasteiger charge is 2.43. The van der Waals surface area contributed by atoms with Crippen LogP contribution in [0.4, 0.5) is 0 Å². The van der Waals surface area contributed by atoms with Gasteiger partial charge in [0.25, 0.3) is 0 Å². The molecule has 0 saturated heterocycles. The van der Waals surface area contributed by atoms with Crippen molar-refractivity contribution in [2.75, 3.05) is 0 Å². The van der Waals surface area contributed by atoms with Crippen molar-refractivity contribution in [2.24, 2.45) is 0 Å². The summed E-state index contributed by atoms with van der Waals surface area (Å²) < 4.78 is 0. The molecule has 0 aliphatic heterocycles. The van der Waals surface area contributed by atoms with Gasteiger partial charge in [-0.15, -0.1) is 0 Å². The summed E-state index contributed by atoms with van der Waals surface area (Å²) >= 11 is 0. The fourth-order valence-electron chi connectivity index (χ4n) is 16.8. The molecule has 14 aromatic rings. The standard InChI is InChI=1S/C88H56/c1-9-25-53(26-10-1)69-49-73-74(50-70(69)54-27-11-2-12-28-54)78(58-35-19-6-20-36-58)86-66-46-42-62-64-44-48-68-84-67(47-43-63(82(64)84)61-41-45-65(83(66)81(61)62)85(86)77(73)57-33-17-5-18-34-57)87-79(59-37-21-7-22-38-59)75-51-71(55-29-13-3-14-30-55)72(56-31-15-4-16-32-56)52-76(75)80(88(68)87)60-39-23-8-24-40-60/h1-51,66-67,72H,52H2. The summed E-state index contributed by atoms with van der Waals surface area (Å²) in [6, 6.07) is 105. The van der Waals surface area contributed by atoms with Crippen LogP contribution in [-0.2, 0) is 6.42 Å². The molecule has 0 nitrogen and oxygen atoms in total. The van der Waals surface area contributed by atoms with Gasteiger partial charge >= 0.3 is 0 Å². The van der Waals surface area contributed by atoms with Crippen LogP contribution in [0.1, 0.15) is 73.4 Å². The molecule has 0 N–H and O–H groups in total. The first-order valence-corrected chi connectivity index (χ1v) is 31.2. The van der Waals surface area contributed by atoms with Crippen molar-refractivity contribution in [3.63, 3.8) is 0 Å². The van der Waals surface area contributed by atoms with Crippen LogP contribution < -0.4 is 0 Å². The molecule has 0 heteroatoms. The molecule has 5 aliphatic rings. The second-order valence-electron chi connectivity index (χ2n) is 24.6. The Morgan fingerprint density at radius 2 is 0.636 bits per heavy atom. The van der Waals surface area contributed by atoms with Crippen LogP contribution in [0.2, 0.25) is 0 Å². The van der Waals surface area contributed by atoms with E-state index in [0.717, 1.165) is 6.42 Å². The second-order valence-corrected chi connectivity index (χ2v) is 24.6. The topological polar surface area (TPSA) is 0 Å². The Kier molecular flexibility index (Phi) is 10.8. The first kappa shape index (κ1) is 49.4. The number of hydrogen-bond donors (Lipinski definition) is 0. The molecule has 5 aliphatic carbocycles. The smallest absolute Gasteiger partial charge is 0.0298 e. The van der Waals surface area contributed by atoms with Crippen LogP contribution in [0.25, 0.3) is 145 Å². The van der Waals surface area contributed by atoms with Crippen LogP contribution in [0.15, 0.2) is 291 Å². The fraction of sp³-hybridized carbons (Fsp3) is 0.0455. The Morgan fingerprint density at radius 3 is 1.11 bits per heavy atom. The van der Waals surface area contributed by atoms with Crippen molar-refractivity contribution in [1.29, 1.82) is 0 Å². The number of fused-ring (bicyclic) bond motifs is 10. The normalized spacial score (nSPS) is 16.0. The average molecular weight is 1110 g/mol. The third kappa shape index (κ3) is 7.09. The molecule has 14 aromatic carbocycles. The summed E-state index contributed by atoms with van der Waals surface area (Å²) in [5.74, 6) is 0.245. The maximum Gasteiger partial charge on any atom is 0.0298 e. The third-order valence-electron chi connectivity index (χ3n) is 20.3. The lowest BCUT2D eigenvalue weighted by molar-refractivity contribution is 0.846. The number of rotatable bonds is 8. The van der Waals surface area contributed by atoms with Gasteiger partial charge in [-0.25, -0.2) is 0 Å². The fourth-order valence-corrected chi connectivity index (χ4v) is 16.8. The lowest BCUT2D eigenvalue weighted by atomic mass is 9.70. The molecule has 0 fully saturated rings. The Balaban J connectivity index is 0.892. The molecule has 0 spiro atoms. The van der Waals surface area contributed by atoms with E-state index in [-0.39, 0.29) is 17.8 Å². The van der Waals surface area contributed by atoms with Gasteiger partial charge in [-0.2, -0.15) is 0 Å². The van der Waals surface area contributed by atoms with E-state index in [1.807, 2.05) is 0 Å². The minimum Gasteiger partial charge on any atom is -0.0719 e. The summed E-state index contributed by atoms with van der Waals surface area (Å²) in [5, 5.41) is 7.99. The van der Waals surface area contributed by atoms with Crippen molar-refractivity contribution >= 4 is 56.1 Å². The van der Waals surface area contributed by atoms with Gasteiger partial charge in [0.05, 0.1) is 0 Å². The lowest BCUT2D eigenvalue weighted by Gasteiger charge is -2.33. The molecule has 19 rings (SSSR count). The second kappa shape index (κ2) is 19.3. The third-order valence-corrected chi connectivity index (χ3v) is 20.3. The molecule has 88 heavy (non-hydrogen) atoms. The summed E-state index contributed by atoms with van der Waals surface area (Å²) in [7, 11) is 0. The molecule has 0 radical (unpaired) electrons. The maximum absolute atomic E-state index is 2.59. The molecule has 408 valence electrons. The van der Waals surface area contributed by atoms with Gasteiger partial charge in [0.15, 0.2) is 0 Å². The number of hydrogen-bond acceptors (Lipinski definition) is 0. The SMILES string of the molecule is C1=CC2c3c(-c4ccccc4)c4c(c(-c5ccccc5)c3-c3ccc5c6c7c8c(ccc7c1c5c32)-c1c(c(-c2ccccc2)c2cc(-c3ccccc3)c(-c3ccccc3)cc2c1-c1ccccc1)C8C=C6)CC(c1ccccc1)C(c1ccccc1)=C4. The highest BCUT2D eigenvalue weighted by atomic mass is 14.5. The number of benzene rings is 14. The lowest BCUT2D eigenvalue weighted by Crippen LogP contribution is -2.15. The minimum absolute atomic E-state index is 0.0302. The quantitative estimate of drug-likeness (QED) is 0.133. The predicted octanol–water partition coefficient (Wildman–Crippen LogP) is 23.3. The van der Waals surface area contributed by atoms with E-state index in [2.05, 4.69) is 309 Å². The van der Waals surface area contributed by atoms with E-state index < -0.39 is 0 Å². The maximum atomic E-state index is 2.59. The highest BCUT2D eigenvalue weighted by molar-refractivity contribution is 6.24. The Bertz CT molecular complexity index is 5330. The zero-order valence-corrected chi connectivity index (χ0v) is 48.4. The van der Waals surface area contributed by atoms with Crippen LogP contribution in [0.5, 0.6) is 0 Å². The first-order valence-electron chi connectivity index (χ1n) is 31.2. The zero-order valence-electron chi connectivity index (χ0n) is 48.4. The van der Waals surface area contributed by atoms with Crippen LogP contribution in [0, 0.1) is 0 Å². The summed E-state index contributed by atoms with van der Waals surface area (Å²) in [6.07, 6.45) is 13.7. The number of allylic oxidation sites excluding steroid dienone is 3. The van der Waals surface area contributed by atoms with Crippen molar-refractivity contribution in [3.8, 4) is 89.0 Å². The van der Waals surface area contributed by atoms with Crippen molar-refractivity contribution in [2.45, 2.75) is 24.2 Å². The van der Waals surface area contributed by atoms with Gasteiger partial charge in [0.1, 0.15) is 0 Å². The molecular weight excluding hydrogens is 1060 g/mol. The summed E-state index contributed by atoms with van der Waals surface area (Å²) in [4.78, 5) is 0. The van der Waals surface area contributed by atoms with E-state index in [9.17, 15) is 0 Å². The molecule has 0 aromatic heterocycles. The summed E-state index contributed by atoms with van der Waals surface area (Å²) in [6.45, 7) is 0. The van der Waals surface area contributed by atoms with Crippen molar-refractivity contribution < 1.29 is 0 Å². The van der Waals surface area contributed by atoms with E-state index in [4.69, 9.17) is 0 Å². The van der Waals surface area contributed by atoms with E-state index in [0.29, 0.717) is 0 Å². The van der Waals surface area contributed by atoms with E-state index >= 15 is 0 Å². The van der Waals surface area contributed by atoms with Gasteiger partial charge in [-0.05, 0) is 207 Å². The van der Waals surface area contributed by atoms with Gasteiger partial charge < -0.3 is 0 Å². The Hall–Kier alpha value is -10.9. The molecule has 3 atom stereocenters. The first-order chi connectivity index (χ1) is 43.7. The molecule has 3 unspecified atom stereocenters. The van der Waals surface area contributed by atoms with Gasteiger partial charge in [-0.3, -0.25) is 0 Å². The molecular formula is C88H56. The highest BCUT2D eigenvalue weighted by Crippen LogP contribution is 2.65. The average Bonchev–Trinajstić information content (AvgIpc) is 1.51. The Morgan fingerprint density at radius 1 is 0.261 bits per heavy atom. The molecule has 0 amide bonds. The van der Waals surface area contributed by atoms with Gasteiger partial charge in [-0.1, -0.05) is 291 Å². The minimum atomic E-state index is 0.0302. The van der Waals surface area contributed by atoms with E-state index in [1.54, 1.807) is 0 Å². The van der Waals surface area contributed by atoms with Crippen molar-refractivity contribution in [3.05, 3.63) is 347 Å². The molecule has 0 heterocycles. The monoisotopic (exact) mass is 1110 g/mol. The summed E-state index contributed by atoms with van der Waals surface area (Å²) in [5.41, 5.74) is 35.8.